The van der Waals surface area contributed by atoms with Gasteiger partial charge in [0.05, 0.1) is 18.6 Å². The third-order valence-electron chi connectivity index (χ3n) is 4.34. The Labute approximate surface area is 150 Å². The first-order valence-electron chi connectivity index (χ1n) is 8.19. The minimum atomic E-state index is -0.873. The molecule has 3 N–H and O–H groups in total. The lowest BCUT2D eigenvalue weighted by molar-refractivity contribution is -0.385. The molecule has 2 rings (SSSR count). The number of urea groups is 1. The molecule has 0 radical (unpaired) electrons. The van der Waals surface area contributed by atoms with Crippen molar-refractivity contribution >= 4 is 23.4 Å². The van der Waals surface area contributed by atoms with Gasteiger partial charge in [-0.2, -0.15) is 0 Å². The van der Waals surface area contributed by atoms with Crippen molar-refractivity contribution < 1.29 is 24.4 Å². The minimum Gasteiger partial charge on any atom is -0.490 e. The second-order valence-corrected chi connectivity index (χ2v) is 6.02. The molecule has 1 aromatic rings. The third kappa shape index (κ3) is 4.82. The monoisotopic (exact) mass is 366 g/mol. The standard InChI is InChI=1S/C16H22N4O6/c1-3-19(9-15(21)22)12-6-11(7-12)18-16(23)17-10-4-5-14(26-2)13(8-10)20(24)25/h4-5,8,11-12H,3,6-7,9H2,1-2H3,(H,21,22)(H2,17,18,23). The number of amides is 2. The number of hydrogen-bond donors (Lipinski definition) is 3. The SMILES string of the molecule is CCN(CC(=O)O)C1CC(NC(=O)Nc2ccc(OC)c([N+](=O)[O-])c2)C1. The van der Waals surface area contributed by atoms with Gasteiger partial charge in [-0.15, -0.1) is 0 Å². The van der Waals surface area contributed by atoms with Gasteiger partial charge in [-0.1, -0.05) is 6.92 Å². The molecule has 2 amide bonds. The number of rotatable bonds is 8. The van der Waals surface area contributed by atoms with Crippen LogP contribution in [0.5, 0.6) is 5.75 Å². The number of carboxylic acid groups (broad SMARTS) is 1. The summed E-state index contributed by atoms with van der Waals surface area (Å²) in [7, 11) is 1.33. The lowest BCUT2D eigenvalue weighted by Gasteiger charge is -2.42. The largest absolute Gasteiger partial charge is 0.490 e. The zero-order valence-electron chi connectivity index (χ0n) is 14.6. The van der Waals surface area contributed by atoms with E-state index in [1.165, 1.54) is 25.3 Å². The molecule has 1 aliphatic rings. The maximum atomic E-state index is 12.0. The number of carboxylic acids is 1. The Hall–Kier alpha value is -2.88. The van der Waals surface area contributed by atoms with Crippen LogP contribution in [-0.2, 0) is 4.79 Å². The van der Waals surface area contributed by atoms with Crippen LogP contribution in [0.15, 0.2) is 18.2 Å². The summed E-state index contributed by atoms with van der Waals surface area (Å²) in [5.41, 5.74) is 0.0493. The molecule has 1 aliphatic carbocycles. The molecular weight excluding hydrogens is 344 g/mol. The molecule has 1 aromatic carbocycles. The predicted molar refractivity (Wildman–Crippen MR) is 93.5 cm³/mol. The second-order valence-electron chi connectivity index (χ2n) is 6.02. The Balaban J connectivity index is 1.86. The number of ether oxygens (including phenoxy) is 1. The van der Waals surface area contributed by atoms with Gasteiger partial charge in [0.25, 0.3) is 0 Å². The number of carbonyl (C=O) groups excluding carboxylic acids is 1. The quantitative estimate of drug-likeness (QED) is 0.470. The van der Waals surface area contributed by atoms with Crippen LogP contribution >= 0.6 is 0 Å². The van der Waals surface area contributed by atoms with E-state index in [4.69, 9.17) is 9.84 Å². The number of benzene rings is 1. The van der Waals surface area contributed by atoms with Crippen LogP contribution in [0.4, 0.5) is 16.2 Å². The Morgan fingerprint density at radius 2 is 2.12 bits per heavy atom. The van der Waals surface area contributed by atoms with Gasteiger partial charge in [0, 0.05) is 23.8 Å². The zero-order chi connectivity index (χ0) is 19.3. The molecular formula is C16H22N4O6. The van der Waals surface area contributed by atoms with Crippen LogP contribution in [0.1, 0.15) is 19.8 Å². The van der Waals surface area contributed by atoms with Crippen LogP contribution < -0.4 is 15.4 Å². The number of carbonyl (C=O) groups is 2. The van der Waals surface area contributed by atoms with Gasteiger partial charge in [-0.05, 0) is 31.5 Å². The molecule has 26 heavy (non-hydrogen) atoms. The first-order chi connectivity index (χ1) is 12.3. The van der Waals surface area contributed by atoms with Gasteiger partial charge in [0.1, 0.15) is 0 Å². The van der Waals surface area contributed by atoms with Crippen LogP contribution in [0.25, 0.3) is 0 Å². The molecule has 0 aromatic heterocycles. The van der Waals surface area contributed by atoms with E-state index >= 15 is 0 Å². The topological polar surface area (TPSA) is 134 Å². The molecule has 0 bridgehead atoms. The van der Waals surface area contributed by atoms with Gasteiger partial charge in [0.2, 0.25) is 0 Å². The Kier molecular flexibility index (Phi) is 6.34. The molecule has 0 heterocycles. The number of methoxy groups -OCH3 is 1. The molecule has 1 saturated carbocycles. The van der Waals surface area contributed by atoms with Crippen LogP contribution in [0, 0.1) is 10.1 Å². The maximum absolute atomic E-state index is 12.0. The van der Waals surface area contributed by atoms with Gasteiger partial charge in [0.15, 0.2) is 5.75 Å². The molecule has 10 nitrogen and oxygen atoms in total. The maximum Gasteiger partial charge on any atom is 0.319 e. The van der Waals surface area contributed by atoms with E-state index in [1.807, 2.05) is 11.8 Å². The van der Waals surface area contributed by atoms with Crippen LogP contribution in [0.2, 0.25) is 0 Å². The number of nitrogens with one attached hydrogen (secondary N) is 2. The molecule has 0 unspecified atom stereocenters. The summed E-state index contributed by atoms with van der Waals surface area (Å²) in [6, 6.07) is 3.76. The fourth-order valence-corrected chi connectivity index (χ4v) is 2.94. The van der Waals surface area contributed by atoms with E-state index in [9.17, 15) is 19.7 Å². The van der Waals surface area contributed by atoms with E-state index in [-0.39, 0.29) is 35.8 Å². The van der Waals surface area contributed by atoms with E-state index < -0.39 is 16.9 Å². The molecule has 0 aliphatic heterocycles. The second kappa shape index (κ2) is 8.48. The van der Waals surface area contributed by atoms with E-state index in [2.05, 4.69) is 10.6 Å². The minimum absolute atomic E-state index is 0.0183. The van der Waals surface area contributed by atoms with Gasteiger partial charge in [-0.3, -0.25) is 19.8 Å². The van der Waals surface area contributed by atoms with Crippen LogP contribution in [-0.4, -0.2) is 59.2 Å². The third-order valence-corrected chi connectivity index (χ3v) is 4.34. The Morgan fingerprint density at radius 3 is 2.65 bits per heavy atom. The molecule has 0 atom stereocenters. The van der Waals surface area contributed by atoms with E-state index in [0.29, 0.717) is 19.4 Å². The highest BCUT2D eigenvalue weighted by Crippen LogP contribution is 2.30. The number of likely N-dealkylation sites (N-methyl/N-ethyl adjacent to an activating group) is 1. The average molecular weight is 366 g/mol. The Bertz CT molecular complexity index is 689. The molecule has 0 spiro atoms. The molecule has 0 saturated heterocycles. The summed E-state index contributed by atoms with van der Waals surface area (Å²) in [6.07, 6.45) is 1.33. The number of aliphatic carboxylic acids is 1. The lowest BCUT2D eigenvalue weighted by atomic mass is 9.85. The summed E-state index contributed by atoms with van der Waals surface area (Å²) >= 11 is 0. The summed E-state index contributed by atoms with van der Waals surface area (Å²) in [5, 5.41) is 25.2. The highest BCUT2D eigenvalue weighted by Gasteiger charge is 2.34. The Morgan fingerprint density at radius 1 is 1.42 bits per heavy atom. The normalized spacial score (nSPS) is 18.7. The zero-order valence-corrected chi connectivity index (χ0v) is 14.6. The number of hydrogen-bond acceptors (Lipinski definition) is 6. The fourth-order valence-electron chi connectivity index (χ4n) is 2.94. The number of nitrogens with zero attached hydrogens (tertiary/aromatic N) is 2. The van der Waals surface area contributed by atoms with Crippen molar-refractivity contribution in [1.29, 1.82) is 0 Å². The summed E-state index contributed by atoms with van der Waals surface area (Å²) < 4.78 is 4.91. The molecule has 1 fully saturated rings. The van der Waals surface area contributed by atoms with Crippen molar-refractivity contribution in [3.8, 4) is 5.75 Å². The summed E-state index contributed by atoms with van der Waals surface area (Å²) in [4.78, 5) is 35.1. The van der Waals surface area contributed by atoms with Gasteiger partial charge >= 0.3 is 17.7 Å². The predicted octanol–water partition coefficient (Wildman–Crippen LogP) is 1.66. The first-order valence-corrected chi connectivity index (χ1v) is 8.19. The number of nitro groups is 1. The lowest BCUT2D eigenvalue weighted by Crippen LogP contribution is -2.55. The van der Waals surface area contributed by atoms with Crippen molar-refractivity contribution in [3.05, 3.63) is 28.3 Å². The molecule has 142 valence electrons. The van der Waals surface area contributed by atoms with Gasteiger partial charge in [-0.25, -0.2) is 4.79 Å². The summed E-state index contributed by atoms with van der Waals surface area (Å²) in [6.45, 7) is 2.51. The number of nitro benzene ring substituents is 1. The van der Waals surface area contributed by atoms with Crippen molar-refractivity contribution in [2.24, 2.45) is 0 Å². The highest BCUT2D eigenvalue weighted by atomic mass is 16.6. The van der Waals surface area contributed by atoms with Crippen molar-refractivity contribution in [2.75, 3.05) is 25.5 Å². The highest BCUT2D eigenvalue weighted by molar-refractivity contribution is 5.90. The van der Waals surface area contributed by atoms with E-state index in [1.54, 1.807) is 0 Å². The van der Waals surface area contributed by atoms with E-state index in [0.717, 1.165) is 0 Å². The first kappa shape index (κ1) is 19.4. The van der Waals surface area contributed by atoms with Crippen molar-refractivity contribution in [2.45, 2.75) is 31.8 Å². The van der Waals surface area contributed by atoms with Crippen LogP contribution in [0.3, 0.4) is 0 Å². The smallest absolute Gasteiger partial charge is 0.319 e. The summed E-state index contributed by atoms with van der Waals surface area (Å²) in [5.74, 6) is -0.761. The van der Waals surface area contributed by atoms with Gasteiger partial charge < -0.3 is 20.5 Å². The van der Waals surface area contributed by atoms with Crippen molar-refractivity contribution in [1.82, 2.24) is 10.2 Å². The number of anilines is 1. The fraction of sp³-hybridized carbons (Fsp3) is 0.500. The average Bonchev–Trinajstić information content (AvgIpc) is 2.55. The molecule has 10 heteroatoms. The van der Waals surface area contributed by atoms with Crippen molar-refractivity contribution in [3.63, 3.8) is 0 Å².